The molecule has 0 saturated heterocycles. The van der Waals surface area contributed by atoms with Crippen molar-refractivity contribution in [1.29, 1.82) is 0 Å². The van der Waals surface area contributed by atoms with Gasteiger partial charge in [0.25, 0.3) is 0 Å². The highest BCUT2D eigenvalue weighted by atomic mass is 16.3. The molecule has 1 aliphatic carbocycles. The van der Waals surface area contributed by atoms with Crippen LogP contribution < -0.4 is 5.32 Å². The number of phenolic OH excluding ortho intramolecular Hbond substituents is 1. The quantitative estimate of drug-likeness (QED) is 0.890. The number of nitrogens with one attached hydrogen (secondary N) is 1. The number of aromatic hydroxyl groups is 1. The highest BCUT2D eigenvalue weighted by Crippen LogP contribution is 2.31. The number of hydrogen-bond acceptors (Lipinski definition) is 2. The predicted octanol–water partition coefficient (Wildman–Crippen LogP) is 3.91. The minimum atomic E-state index is 0.384. The molecule has 0 spiro atoms. The van der Waals surface area contributed by atoms with Crippen molar-refractivity contribution in [1.82, 2.24) is 5.32 Å². The highest BCUT2D eigenvalue weighted by molar-refractivity contribution is 5.38. The van der Waals surface area contributed by atoms with Crippen LogP contribution in [0.2, 0.25) is 0 Å². The smallest absolute Gasteiger partial charge is 0.115 e. The summed E-state index contributed by atoms with van der Waals surface area (Å²) < 4.78 is 0. The maximum absolute atomic E-state index is 9.61. The van der Waals surface area contributed by atoms with Crippen LogP contribution in [0.25, 0.3) is 0 Å². The van der Waals surface area contributed by atoms with E-state index in [4.69, 9.17) is 0 Å². The molecule has 1 aliphatic rings. The van der Waals surface area contributed by atoms with Gasteiger partial charge < -0.3 is 10.4 Å². The van der Waals surface area contributed by atoms with E-state index in [1.54, 1.807) is 6.07 Å². The third-order valence-corrected chi connectivity index (χ3v) is 4.49. The van der Waals surface area contributed by atoms with Crippen LogP contribution >= 0.6 is 0 Å². The second-order valence-corrected chi connectivity index (χ2v) is 5.96. The van der Waals surface area contributed by atoms with Gasteiger partial charge in [0.15, 0.2) is 0 Å². The van der Waals surface area contributed by atoms with Gasteiger partial charge in [-0.15, -0.1) is 0 Å². The molecule has 0 aliphatic heterocycles. The van der Waals surface area contributed by atoms with Gasteiger partial charge in [-0.2, -0.15) is 0 Å². The molecule has 2 nitrogen and oxygen atoms in total. The number of phenols is 1. The Balaban J connectivity index is 1.63. The van der Waals surface area contributed by atoms with Crippen LogP contribution in [0, 0.1) is 6.92 Å². The Labute approximate surface area is 126 Å². The van der Waals surface area contributed by atoms with E-state index in [0.29, 0.717) is 11.8 Å². The Hall–Kier alpha value is -1.80. The molecule has 2 heteroatoms. The second-order valence-electron chi connectivity index (χ2n) is 5.96. The second kappa shape index (κ2) is 6.31. The van der Waals surface area contributed by atoms with Crippen molar-refractivity contribution in [3.05, 3.63) is 64.7 Å². The first kappa shape index (κ1) is 14.2. The lowest BCUT2D eigenvalue weighted by molar-refractivity contribution is 0.452. The molecular formula is C19H23NO. The van der Waals surface area contributed by atoms with E-state index in [2.05, 4.69) is 42.6 Å². The molecule has 1 atom stereocenters. The summed E-state index contributed by atoms with van der Waals surface area (Å²) in [6, 6.07) is 14.8. The van der Waals surface area contributed by atoms with Gasteiger partial charge in [0.2, 0.25) is 0 Å². The third-order valence-electron chi connectivity index (χ3n) is 4.49. The van der Waals surface area contributed by atoms with Gasteiger partial charge in [-0.1, -0.05) is 30.3 Å². The van der Waals surface area contributed by atoms with Crippen LogP contribution in [0.3, 0.4) is 0 Å². The monoisotopic (exact) mass is 281 g/mol. The van der Waals surface area contributed by atoms with Crippen LogP contribution in [0.4, 0.5) is 0 Å². The Morgan fingerprint density at radius 1 is 1.19 bits per heavy atom. The maximum atomic E-state index is 9.61. The molecule has 2 aromatic carbocycles. The molecule has 0 amide bonds. The van der Waals surface area contributed by atoms with E-state index in [9.17, 15) is 5.11 Å². The van der Waals surface area contributed by atoms with Crippen LogP contribution in [0.15, 0.2) is 42.5 Å². The maximum Gasteiger partial charge on any atom is 0.115 e. The van der Waals surface area contributed by atoms with Crippen molar-refractivity contribution in [3.8, 4) is 5.75 Å². The highest BCUT2D eigenvalue weighted by Gasteiger charge is 2.19. The van der Waals surface area contributed by atoms with Crippen molar-refractivity contribution < 1.29 is 5.11 Å². The van der Waals surface area contributed by atoms with Crippen molar-refractivity contribution in [2.45, 2.75) is 38.6 Å². The zero-order chi connectivity index (χ0) is 14.7. The third kappa shape index (κ3) is 3.27. The van der Waals surface area contributed by atoms with E-state index in [-0.39, 0.29) is 0 Å². The Morgan fingerprint density at radius 3 is 2.90 bits per heavy atom. The fraction of sp³-hybridized carbons (Fsp3) is 0.368. The van der Waals surface area contributed by atoms with Crippen LogP contribution in [-0.4, -0.2) is 11.7 Å². The van der Waals surface area contributed by atoms with Gasteiger partial charge in [-0.25, -0.2) is 0 Å². The zero-order valence-electron chi connectivity index (χ0n) is 12.6. The van der Waals surface area contributed by atoms with E-state index >= 15 is 0 Å². The predicted molar refractivity (Wildman–Crippen MR) is 86.7 cm³/mol. The average Bonchev–Trinajstić information content (AvgIpc) is 2.49. The van der Waals surface area contributed by atoms with Gasteiger partial charge in [0, 0.05) is 6.04 Å². The SMILES string of the molecule is Cc1ccccc1CCNC1CCCc2cc(O)ccc21. The number of hydrogen-bond donors (Lipinski definition) is 2. The molecule has 110 valence electrons. The standard InChI is InChI=1S/C19H23NO/c1-14-5-2-3-6-15(14)11-12-20-19-8-4-7-16-13-17(21)9-10-18(16)19/h2-3,5-6,9-10,13,19-21H,4,7-8,11-12H2,1H3. The normalized spacial score (nSPS) is 17.5. The summed E-state index contributed by atoms with van der Waals surface area (Å²) in [5, 5.41) is 13.3. The summed E-state index contributed by atoms with van der Waals surface area (Å²) in [6.45, 7) is 3.17. The Morgan fingerprint density at radius 2 is 2.05 bits per heavy atom. The van der Waals surface area contributed by atoms with Crippen molar-refractivity contribution in [2.75, 3.05) is 6.54 Å². The van der Waals surface area contributed by atoms with Crippen molar-refractivity contribution in [2.24, 2.45) is 0 Å². The fourth-order valence-electron chi connectivity index (χ4n) is 3.28. The lowest BCUT2D eigenvalue weighted by atomic mass is 9.87. The fourth-order valence-corrected chi connectivity index (χ4v) is 3.28. The molecule has 0 bridgehead atoms. The average molecular weight is 281 g/mol. The summed E-state index contributed by atoms with van der Waals surface area (Å²) in [5.41, 5.74) is 5.46. The zero-order valence-corrected chi connectivity index (χ0v) is 12.6. The van der Waals surface area contributed by atoms with E-state index < -0.39 is 0 Å². The minimum absolute atomic E-state index is 0.384. The summed E-state index contributed by atoms with van der Waals surface area (Å²) in [7, 11) is 0. The topological polar surface area (TPSA) is 32.3 Å². The lowest BCUT2D eigenvalue weighted by Gasteiger charge is -2.26. The van der Waals surface area contributed by atoms with Gasteiger partial charge in [-0.3, -0.25) is 0 Å². The molecule has 1 unspecified atom stereocenters. The molecule has 0 heterocycles. The number of fused-ring (bicyclic) bond motifs is 1. The molecule has 0 saturated carbocycles. The molecule has 0 aromatic heterocycles. The Kier molecular flexibility index (Phi) is 4.26. The minimum Gasteiger partial charge on any atom is -0.508 e. The number of aryl methyl sites for hydroxylation is 2. The van der Waals surface area contributed by atoms with Gasteiger partial charge in [-0.05, 0) is 73.5 Å². The molecule has 3 rings (SSSR count). The van der Waals surface area contributed by atoms with E-state index in [1.165, 1.54) is 35.1 Å². The molecular weight excluding hydrogens is 258 g/mol. The van der Waals surface area contributed by atoms with Crippen LogP contribution in [0.5, 0.6) is 5.75 Å². The molecule has 2 N–H and O–H groups in total. The van der Waals surface area contributed by atoms with Gasteiger partial charge >= 0.3 is 0 Å². The first-order chi connectivity index (χ1) is 10.2. The summed E-state index contributed by atoms with van der Waals surface area (Å²) in [6.07, 6.45) is 4.53. The van der Waals surface area contributed by atoms with Gasteiger partial charge in [0.05, 0.1) is 0 Å². The Bertz CT molecular complexity index is 621. The van der Waals surface area contributed by atoms with Crippen LogP contribution in [-0.2, 0) is 12.8 Å². The van der Waals surface area contributed by atoms with E-state index in [0.717, 1.165) is 19.4 Å². The van der Waals surface area contributed by atoms with Gasteiger partial charge in [0.1, 0.15) is 5.75 Å². The van der Waals surface area contributed by atoms with Crippen molar-refractivity contribution in [3.63, 3.8) is 0 Å². The first-order valence-electron chi connectivity index (χ1n) is 7.84. The van der Waals surface area contributed by atoms with Crippen molar-refractivity contribution >= 4 is 0 Å². The lowest BCUT2D eigenvalue weighted by Crippen LogP contribution is -2.27. The summed E-state index contributed by atoms with van der Waals surface area (Å²) in [5.74, 6) is 0.384. The van der Waals surface area contributed by atoms with Crippen LogP contribution in [0.1, 0.15) is 41.1 Å². The molecule has 0 fully saturated rings. The van der Waals surface area contributed by atoms with E-state index in [1.807, 2.05) is 6.07 Å². The number of benzene rings is 2. The number of rotatable bonds is 4. The summed E-state index contributed by atoms with van der Waals surface area (Å²) >= 11 is 0. The molecule has 21 heavy (non-hydrogen) atoms. The molecule has 0 radical (unpaired) electrons. The summed E-state index contributed by atoms with van der Waals surface area (Å²) in [4.78, 5) is 0. The molecule has 2 aromatic rings. The largest absolute Gasteiger partial charge is 0.508 e. The first-order valence-corrected chi connectivity index (χ1v) is 7.84.